The van der Waals surface area contributed by atoms with Gasteiger partial charge in [-0.2, -0.15) is 0 Å². The van der Waals surface area contributed by atoms with Gasteiger partial charge in [-0.25, -0.2) is 0 Å². The van der Waals surface area contributed by atoms with Crippen LogP contribution >= 0.6 is 0 Å². The van der Waals surface area contributed by atoms with E-state index in [4.69, 9.17) is 4.74 Å². The van der Waals surface area contributed by atoms with E-state index in [1.165, 1.54) is 0 Å². The highest BCUT2D eigenvalue weighted by Crippen LogP contribution is 2.30. The fraction of sp³-hybridized carbons (Fsp3) is 1.00. The molecule has 2 rings (SSSR count). The fourth-order valence-corrected chi connectivity index (χ4v) is 2.02. The van der Waals surface area contributed by atoms with Crippen molar-refractivity contribution in [2.75, 3.05) is 19.7 Å². The van der Waals surface area contributed by atoms with Crippen molar-refractivity contribution in [3.8, 4) is 0 Å². The highest BCUT2D eigenvalue weighted by molar-refractivity contribution is 4.93. The number of aliphatic hydroxyl groups excluding tert-OH is 1. The van der Waals surface area contributed by atoms with Gasteiger partial charge in [-0.05, 0) is 19.4 Å². The zero-order valence-corrected chi connectivity index (χ0v) is 6.68. The molecule has 1 spiro atoms. The van der Waals surface area contributed by atoms with Crippen molar-refractivity contribution in [3.05, 3.63) is 0 Å². The predicted octanol–water partition coefficient (Wildman–Crippen LogP) is -0.110. The van der Waals surface area contributed by atoms with Crippen molar-refractivity contribution in [3.63, 3.8) is 0 Å². The van der Waals surface area contributed by atoms with Gasteiger partial charge in [0.05, 0.1) is 11.7 Å². The maximum Gasteiger partial charge on any atom is 0.0842 e. The molecular formula is C8H15NO2. The Balaban J connectivity index is 2.00. The van der Waals surface area contributed by atoms with Crippen molar-refractivity contribution in [1.29, 1.82) is 0 Å². The van der Waals surface area contributed by atoms with Gasteiger partial charge >= 0.3 is 0 Å². The standard InChI is InChI=1S/C8H15NO2/c10-7-1-4-11-8(5-7)2-3-9-6-8/h7,9-10H,1-6H2/t7-,8-/m1/s1. The van der Waals surface area contributed by atoms with Gasteiger partial charge in [-0.1, -0.05) is 0 Å². The fourth-order valence-electron chi connectivity index (χ4n) is 2.02. The maximum atomic E-state index is 9.43. The molecule has 0 radical (unpaired) electrons. The quantitative estimate of drug-likeness (QED) is 0.515. The van der Waals surface area contributed by atoms with Gasteiger partial charge in [0, 0.05) is 19.6 Å². The third kappa shape index (κ3) is 1.41. The molecule has 11 heavy (non-hydrogen) atoms. The Bertz CT molecular complexity index is 143. The second-order valence-electron chi connectivity index (χ2n) is 3.60. The van der Waals surface area contributed by atoms with E-state index in [2.05, 4.69) is 5.32 Å². The van der Waals surface area contributed by atoms with E-state index in [1.807, 2.05) is 0 Å². The Hall–Kier alpha value is -0.120. The highest BCUT2D eigenvalue weighted by atomic mass is 16.5. The SMILES string of the molecule is O[C@@H]1CCO[C@]2(CCNC2)C1. The average molecular weight is 157 g/mol. The molecule has 2 atom stereocenters. The molecule has 0 amide bonds. The molecule has 0 aliphatic carbocycles. The minimum absolute atomic E-state index is 0.0162. The summed E-state index contributed by atoms with van der Waals surface area (Å²) < 4.78 is 5.67. The van der Waals surface area contributed by atoms with E-state index >= 15 is 0 Å². The molecule has 0 aromatic carbocycles. The topological polar surface area (TPSA) is 41.5 Å². The van der Waals surface area contributed by atoms with Crippen LogP contribution in [0, 0.1) is 0 Å². The molecule has 2 aliphatic rings. The first kappa shape index (κ1) is 7.53. The Morgan fingerprint density at radius 2 is 2.45 bits per heavy atom. The Morgan fingerprint density at radius 3 is 3.09 bits per heavy atom. The number of hydrogen-bond acceptors (Lipinski definition) is 3. The highest BCUT2D eigenvalue weighted by Gasteiger charge is 2.39. The van der Waals surface area contributed by atoms with Crippen molar-refractivity contribution >= 4 is 0 Å². The van der Waals surface area contributed by atoms with E-state index in [9.17, 15) is 5.11 Å². The van der Waals surface area contributed by atoms with Crippen LogP contribution in [0.3, 0.4) is 0 Å². The summed E-state index contributed by atoms with van der Waals surface area (Å²) in [5, 5.41) is 12.7. The molecular weight excluding hydrogens is 142 g/mol. The predicted molar refractivity (Wildman–Crippen MR) is 41.4 cm³/mol. The van der Waals surface area contributed by atoms with Crippen LogP contribution in [0.25, 0.3) is 0 Å². The van der Waals surface area contributed by atoms with Crippen LogP contribution < -0.4 is 5.32 Å². The minimum atomic E-state index is -0.136. The molecule has 2 N–H and O–H groups in total. The lowest BCUT2D eigenvalue weighted by atomic mass is 9.91. The third-order valence-electron chi connectivity index (χ3n) is 2.67. The lowest BCUT2D eigenvalue weighted by molar-refractivity contribution is -0.106. The summed E-state index contributed by atoms with van der Waals surface area (Å²) in [6.07, 6.45) is 2.55. The van der Waals surface area contributed by atoms with Crippen LogP contribution in [0.4, 0.5) is 0 Å². The number of ether oxygens (including phenoxy) is 1. The largest absolute Gasteiger partial charge is 0.393 e. The molecule has 0 unspecified atom stereocenters. The molecule has 0 aromatic heterocycles. The van der Waals surface area contributed by atoms with Crippen LogP contribution in [-0.4, -0.2) is 36.5 Å². The second kappa shape index (κ2) is 2.73. The van der Waals surface area contributed by atoms with Crippen LogP contribution in [-0.2, 0) is 4.74 Å². The molecule has 0 saturated carbocycles. The molecule has 0 aromatic rings. The Kier molecular flexibility index (Phi) is 1.87. The Morgan fingerprint density at radius 1 is 1.55 bits per heavy atom. The number of rotatable bonds is 0. The molecule has 3 nitrogen and oxygen atoms in total. The number of aliphatic hydroxyl groups is 1. The van der Waals surface area contributed by atoms with Crippen LogP contribution in [0.15, 0.2) is 0 Å². The van der Waals surface area contributed by atoms with Crippen molar-refractivity contribution in [2.45, 2.75) is 31.0 Å². The summed E-state index contributed by atoms with van der Waals surface area (Å²) in [7, 11) is 0. The summed E-state index contributed by atoms with van der Waals surface area (Å²) in [5.41, 5.74) is -0.0162. The first-order chi connectivity index (χ1) is 5.31. The van der Waals surface area contributed by atoms with E-state index < -0.39 is 0 Å². The van der Waals surface area contributed by atoms with E-state index in [-0.39, 0.29) is 11.7 Å². The summed E-state index contributed by atoms with van der Waals surface area (Å²) in [6, 6.07) is 0. The first-order valence-electron chi connectivity index (χ1n) is 4.34. The molecule has 2 heterocycles. The average Bonchev–Trinajstić information content (AvgIpc) is 2.37. The van der Waals surface area contributed by atoms with Crippen molar-refractivity contribution in [1.82, 2.24) is 5.32 Å². The summed E-state index contributed by atoms with van der Waals surface area (Å²) in [6.45, 7) is 2.68. The second-order valence-corrected chi connectivity index (χ2v) is 3.60. The number of nitrogens with one attached hydrogen (secondary N) is 1. The maximum absolute atomic E-state index is 9.43. The van der Waals surface area contributed by atoms with Gasteiger partial charge in [-0.15, -0.1) is 0 Å². The van der Waals surface area contributed by atoms with Crippen LogP contribution in [0.1, 0.15) is 19.3 Å². The van der Waals surface area contributed by atoms with Crippen LogP contribution in [0.5, 0.6) is 0 Å². The van der Waals surface area contributed by atoms with E-state index in [0.717, 1.165) is 39.0 Å². The lowest BCUT2D eigenvalue weighted by Crippen LogP contribution is -2.43. The van der Waals surface area contributed by atoms with Gasteiger partial charge in [0.25, 0.3) is 0 Å². The summed E-state index contributed by atoms with van der Waals surface area (Å²) in [5.74, 6) is 0. The molecule has 64 valence electrons. The third-order valence-corrected chi connectivity index (χ3v) is 2.67. The first-order valence-corrected chi connectivity index (χ1v) is 4.34. The summed E-state index contributed by atoms with van der Waals surface area (Å²) >= 11 is 0. The molecule has 2 aliphatic heterocycles. The zero-order chi connectivity index (χ0) is 7.73. The summed E-state index contributed by atoms with van der Waals surface area (Å²) in [4.78, 5) is 0. The van der Waals surface area contributed by atoms with Gasteiger partial charge in [0.15, 0.2) is 0 Å². The smallest absolute Gasteiger partial charge is 0.0842 e. The van der Waals surface area contributed by atoms with Gasteiger partial charge < -0.3 is 15.2 Å². The van der Waals surface area contributed by atoms with Crippen molar-refractivity contribution in [2.24, 2.45) is 0 Å². The van der Waals surface area contributed by atoms with Gasteiger partial charge in [-0.3, -0.25) is 0 Å². The molecule has 2 saturated heterocycles. The van der Waals surface area contributed by atoms with E-state index in [0.29, 0.717) is 0 Å². The Labute approximate surface area is 66.7 Å². The molecule has 2 fully saturated rings. The lowest BCUT2D eigenvalue weighted by Gasteiger charge is -2.35. The van der Waals surface area contributed by atoms with Gasteiger partial charge in [0.2, 0.25) is 0 Å². The van der Waals surface area contributed by atoms with Crippen molar-refractivity contribution < 1.29 is 9.84 Å². The van der Waals surface area contributed by atoms with E-state index in [1.54, 1.807) is 0 Å². The molecule has 3 heteroatoms. The minimum Gasteiger partial charge on any atom is -0.393 e. The number of hydrogen-bond donors (Lipinski definition) is 2. The van der Waals surface area contributed by atoms with Gasteiger partial charge in [0.1, 0.15) is 0 Å². The normalized spacial score (nSPS) is 45.0. The zero-order valence-electron chi connectivity index (χ0n) is 6.68. The monoisotopic (exact) mass is 157 g/mol. The molecule has 0 bridgehead atoms. The van der Waals surface area contributed by atoms with Crippen LogP contribution in [0.2, 0.25) is 0 Å².